The molecule has 2 aromatic rings. The van der Waals surface area contributed by atoms with Gasteiger partial charge in [0.15, 0.2) is 5.60 Å². The first kappa shape index (κ1) is 12.8. The van der Waals surface area contributed by atoms with Gasteiger partial charge >= 0.3 is 0 Å². The molecule has 1 aliphatic heterocycles. The Hall–Kier alpha value is -2.17. The maximum Gasteiger partial charge on any atom is 0.266 e. The van der Waals surface area contributed by atoms with E-state index in [-0.39, 0.29) is 0 Å². The Bertz CT molecular complexity index is 641. The van der Waals surface area contributed by atoms with Gasteiger partial charge in [-0.25, -0.2) is 0 Å². The summed E-state index contributed by atoms with van der Waals surface area (Å²) in [4.78, 5) is 14.0. The standard InChI is InChI=1S/C16H15NO3/c18-11-16(20)13-8-4-5-9-14(13)17(15(16)19)10-12-6-2-1-3-7-12/h1-9,18,20H,10-11H2. The maximum absolute atomic E-state index is 12.4. The monoisotopic (exact) mass is 269 g/mol. The van der Waals surface area contributed by atoms with Crippen LogP contribution < -0.4 is 4.90 Å². The van der Waals surface area contributed by atoms with E-state index in [4.69, 9.17) is 0 Å². The number of nitrogens with zero attached hydrogens (tertiary/aromatic N) is 1. The molecular formula is C16H15NO3. The quantitative estimate of drug-likeness (QED) is 0.885. The van der Waals surface area contributed by atoms with Crippen molar-refractivity contribution in [3.05, 3.63) is 65.7 Å². The number of aliphatic hydroxyl groups excluding tert-OH is 1. The molecule has 2 aromatic carbocycles. The first-order valence-corrected chi connectivity index (χ1v) is 6.45. The van der Waals surface area contributed by atoms with Gasteiger partial charge in [0.2, 0.25) is 0 Å². The summed E-state index contributed by atoms with van der Waals surface area (Å²) < 4.78 is 0. The highest BCUT2D eigenvalue weighted by Crippen LogP contribution is 2.40. The fourth-order valence-electron chi connectivity index (χ4n) is 2.58. The molecule has 0 aromatic heterocycles. The van der Waals surface area contributed by atoms with Crippen LogP contribution in [0, 0.1) is 0 Å². The van der Waals surface area contributed by atoms with Crippen molar-refractivity contribution in [3.63, 3.8) is 0 Å². The van der Waals surface area contributed by atoms with Crippen molar-refractivity contribution in [2.45, 2.75) is 12.1 Å². The van der Waals surface area contributed by atoms with E-state index >= 15 is 0 Å². The molecule has 1 amide bonds. The van der Waals surface area contributed by atoms with E-state index in [1.54, 1.807) is 18.2 Å². The number of aliphatic hydroxyl groups is 2. The van der Waals surface area contributed by atoms with Crippen molar-refractivity contribution >= 4 is 11.6 Å². The molecule has 4 heteroatoms. The first-order valence-electron chi connectivity index (χ1n) is 6.45. The fourth-order valence-corrected chi connectivity index (χ4v) is 2.58. The van der Waals surface area contributed by atoms with Gasteiger partial charge in [-0.15, -0.1) is 0 Å². The van der Waals surface area contributed by atoms with Crippen molar-refractivity contribution in [1.29, 1.82) is 0 Å². The molecule has 0 aliphatic carbocycles. The highest BCUT2D eigenvalue weighted by atomic mass is 16.3. The molecule has 20 heavy (non-hydrogen) atoms. The Morgan fingerprint density at radius 2 is 1.65 bits per heavy atom. The lowest BCUT2D eigenvalue weighted by molar-refractivity contribution is -0.140. The van der Waals surface area contributed by atoms with E-state index in [2.05, 4.69) is 0 Å². The van der Waals surface area contributed by atoms with Crippen LogP contribution in [0.3, 0.4) is 0 Å². The second-order valence-corrected chi connectivity index (χ2v) is 4.91. The lowest BCUT2D eigenvalue weighted by atomic mass is 9.97. The van der Waals surface area contributed by atoms with Crippen LogP contribution in [0.4, 0.5) is 5.69 Å². The Morgan fingerprint density at radius 1 is 1.00 bits per heavy atom. The number of anilines is 1. The van der Waals surface area contributed by atoms with Crippen LogP contribution in [0.5, 0.6) is 0 Å². The van der Waals surface area contributed by atoms with Gasteiger partial charge in [0.05, 0.1) is 18.8 Å². The number of hydrogen-bond acceptors (Lipinski definition) is 3. The minimum atomic E-state index is -1.83. The minimum Gasteiger partial charge on any atom is -0.392 e. The number of hydrogen-bond donors (Lipinski definition) is 2. The number of para-hydroxylation sites is 1. The van der Waals surface area contributed by atoms with E-state index in [1.165, 1.54) is 4.90 Å². The SMILES string of the molecule is O=C1N(Cc2ccccc2)c2ccccc2C1(O)CO. The topological polar surface area (TPSA) is 60.8 Å². The summed E-state index contributed by atoms with van der Waals surface area (Å²) in [6.45, 7) is -0.243. The molecule has 0 radical (unpaired) electrons. The molecule has 0 saturated heterocycles. The summed E-state index contributed by atoms with van der Waals surface area (Å²) in [5.41, 5.74) is 0.255. The maximum atomic E-state index is 12.4. The van der Waals surface area contributed by atoms with Crippen LogP contribution in [-0.4, -0.2) is 22.7 Å². The van der Waals surface area contributed by atoms with Gasteiger partial charge in [0, 0.05) is 5.56 Å². The summed E-state index contributed by atoms with van der Waals surface area (Å²) >= 11 is 0. The van der Waals surface area contributed by atoms with Crippen LogP contribution in [0.2, 0.25) is 0 Å². The molecule has 1 aliphatic rings. The third kappa shape index (κ3) is 1.81. The van der Waals surface area contributed by atoms with Crippen molar-refractivity contribution < 1.29 is 15.0 Å². The highest BCUT2D eigenvalue weighted by molar-refractivity contribution is 6.06. The lowest BCUT2D eigenvalue weighted by Gasteiger charge is -2.21. The van der Waals surface area contributed by atoms with Gasteiger partial charge in [-0.2, -0.15) is 0 Å². The Balaban J connectivity index is 2.03. The van der Waals surface area contributed by atoms with Gasteiger partial charge in [0.1, 0.15) is 0 Å². The average Bonchev–Trinajstić information content (AvgIpc) is 2.72. The smallest absolute Gasteiger partial charge is 0.266 e. The molecule has 102 valence electrons. The van der Waals surface area contributed by atoms with Gasteiger partial charge in [-0.3, -0.25) is 4.79 Å². The van der Waals surface area contributed by atoms with E-state index in [9.17, 15) is 15.0 Å². The summed E-state index contributed by atoms with van der Waals surface area (Å²) in [5, 5.41) is 19.9. The minimum absolute atomic E-state index is 0.374. The van der Waals surface area contributed by atoms with E-state index in [1.807, 2.05) is 36.4 Å². The van der Waals surface area contributed by atoms with Crippen molar-refractivity contribution in [2.75, 3.05) is 11.5 Å². The zero-order valence-electron chi connectivity index (χ0n) is 10.9. The molecular weight excluding hydrogens is 254 g/mol. The first-order chi connectivity index (χ1) is 9.66. The van der Waals surface area contributed by atoms with Crippen molar-refractivity contribution in [2.24, 2.45) is 0 Å². The molecule has 1 heterocycles. The molecule has 0 spiro atoms. The fraction of sp³-hybridized carbons (Fsp3) is 0.188. The van der Waals surface area contributed by atoms with Crippen LogP contribution in [-0.2, 0) is 16.9 Å². The van der Waals surface area contributed by atoms with Gasteiger partial charge in [-0.1, -0.05) is 48.5 Å². The zero-order chi connectivity index (χ0) is 14.2. The number of rotatable bonds is 3. The van der Waals surface area contributed by atoms with Crippen LogP contribution in [0.15, 0.2) is 54.6 Å². The summed E-state index contributed by atoms with van der Waals surface area (Å²) in [6, 6.07) is 16.6. The van der Waals surface area contributed by atoms with E-state index in [0.29, 0.717) is 17.8 Å². The highest BCUT2D eigenvalue weighted by Gasteiger charge is 2.49. The summed E-state index contributed by atoms with van der Waals surface area (Å²) in [7, 11) is 0. The Labute approximate surface area is 116 Å². The third-order valence-electron chi connectivity index (χ3n) is 3.65. The third-order valence-corrected chi connectivity index (χ3v) is 3.65. The largest absolute Gasteiger partial charge is 0.392 e. The average molecular weight is 269 g/mol. The number of benzene rings is 2. The number of carbonyl (C=O) groups excluding carboxylic acids is 1. The Morgan fingerprint density at radius 3 is 2.35 bits per heavy atom. The van der Waals surface area contributed by atoms with Gasteiger partial charge in [0.25, 0.3) is 5.91 Å². The van der Waals surface area contributed by atoms with Crippen LogP contribution in [0.1, 0.15) is 11.1 Å². The van der Waals surface area contributed by atoms with Crippen molar-refractivity contribution in [3.8, 4) is 0 Å². The number of fused-ring (bicyclic) bond motifs is 1. The number of amides is 1. The molecule has 0 bridgehead atoms. The van der Waals surface area contributed by atoms with Gasteiger partial charge in [-0.05, 0) is 11.6 Å². The van der Waals surface area contributed by atoms with Gasteiger partial charge < -0.3 is 15.1 Å². The number of carbonyl (C=O) groups is 1. The predicted molar refractivity (Wildman–Crippen MR) is 75.1 cm³/mol. The van der Waals surface area contributed by atoms with E-state index in [0.717, 1.165) is 5.56 Å². The van der Waals surface area contributed by atoms with E-state index < -0.39 is 18.1 Å². The summed E-state index contributed by atoms with van der Waals surface area (Å²) in [6.07, 6.45) is 0. The summed E-state index contributed by atoms with van der Waals surface area (Å²) in [5.74, 6) is -0.481. The molecule has 0 fully saturated rings. The molecule has 2 N–H and O–H groups in total. The second-order valence-electron chi connectivity index (χ2n) is 4.91. The van der Waals surface area contributed by atoms with Crippen LogP contribution in [0.25, 0.3) is 0 Å². The molecule has 3 rings (SSSR count). The molecule has 4 nitrogen and oxygen atoms in total. The second kappa shape index (κ2) is 4.74. The zero-order valence-corrected chi connectivity index (χ0v) is 10.9. The molecule has 0 saturated carbocycles. The molecule has 1 unspecified atom stereocenters. The van der Waals surface area contributed by atoms with Crippen molar-refractivity contribution in [1.82, 2.24) is 0 Å². The molecule has 1 atom stereocenters. The predicted octanol–water partition coefficient (Wildman–Crippen LogP) is 1.41. The Kier molecular flexibility index (Phi) is 3.04. The lowest BCUT2D eigenvalue weighted by Crippen LogP contribution is -2.42. The normalized spacial score (nSPS) is 21.1. The van der Waals surface area contributed by atoms with Crippen LogP contribution >= 0.6 is 0 Å².